The van der Waals surface area contributed by atoms with Crippen molar-refractivity contribution in [3.05, 3.63) is 52.8 Å². The first-order chi connectivity index (χ1) is 11.0. The summed E-state index contributed by atoms with van der Waals surface area (Å²) in [5.41, 5.74) is 3.09. The van der Waals surface area contributed by atoms with Crippen molar-refractivity contribution in [3.63, 3.8) is 0 Å². The molecule has 0 atom stereocenters. The number of anilines is 1. The molecule has 1 aromatic carbocycles. The van der Waals surface area contributed by atoms with Crippen molar-refractivity contribution in [3.8, 4) is 0 Å². The minimum absolute atomic E-state index is 0.113. The van der Waals surface area contributed by atoms with Crippen LogP contribution < -0.4 is 4.90 Å². The topological polar surface area (TPSA) is 28.5 Å². The molecule has 0 saturated carbocycles. The molecule has 122 valence electrons. The number of Topliss-reactive ketones (excluding diaryl/α,β-unsaturated/α-hetero) is 1. The van der Waals surface area contributed by atoms with Gasteiger partial charge in [-0.1, -0.05) is 23.7 Å². The average molecular weight is 332 g/mol. The van der Waals surface area contributed by atoms with Gasteiger partial charge in [-0.3, -0.25) is 9.69 Å². The number of carbonyl (C=O) groups excluding carboxylic acids is 1. The molecule has 0 radical (unpaired) electrons. The highest BCUT2D eigenvalue weighted by molar-refractivity contribution is 6.33. The van der Waals surface area contributed by atoms with Crippen molar-refractivity contribution in [1.82, 2.24) is 9.47 Å². The molecule has 0 bridgehead atoms. The number of piperazine rings is 1. The monoisotopic (exact) mass is 331 g/mol. The van der Waals surface area contributed by atoms with E-state index in [1.165, 1.54) is 5.56 Å². The van der Waals surface area contributed by atoms with Crippen LogP contribution in [0, 0.1) is 0 Å². The highest BCUT2D eigenvalue weighted by Crippen LogP contribution is 2.26. The largest absolute Gasteiger partial charge is 0.368 e. The van der Waals surface area contributed by atoms with Gasteiger partial charge < -0.3 is 9.47 Å². The molecule has 1 fully saturated rings. The quantitative estimate of drug-likeness (QED) is 0.805. The second-order valence-corrected chi connectivity index (χ2v) is 6.52. The predicted octanol–water partition coefficient (Wildman–Crippen LogP) is 3.20. The molecule has 4 nitrogen and oxygen atoms in total. The van der Waals surface area contributed by atoms with Gasteiger partial charge in [0.2, 0.25) is 0 Å². The van der Waals surface area contributed by atoms with Gasteiger partial charge in [0.1, 0.15) is 0 Å². The summed E-state index contributed by atoms with van der Waals surface area (Å²) in [4.78, 5) is 16.3. The molecule has 0 unspecified atom stereocenters. The lowest BCUT2D eigenvalue weighted by atomic mass is 10.2. The third kappa shape index (κ3) is 3.59. The highest BCUT2D eigenvalue weighted by Gasteiger charge is 2.19. The fourth-order valence-corrected chi connectivity index (χ4v) is 3.44. The van der Waals surface area contributed by atoms with Crippen molar-refractivity contribution in [2.75, 3.05) is 31.1 Å². The minimum Gasteiger partial charge on any atom is -0.368 e. The van der Waals surface area contributed by atoms with Crippen LogP contribution in [0.15, 0.2) is 36.5 Å². The van der Waals surface area contributed by atoms with Gasteiger partial charge in [0, 0.05) is 52.9 Å². The van der Waals surface area contributed by atoms with Gasteiger partial charge in [0.05, 0.1) is 16.4 Å². The Hall–Kier alpha value is -1.78. The van der Waals surface area contributed by atoms with Gasteiger partial charge in [0.25, 0.3) is 0 Å². The Morgan fingerprint density at radius 1 is 1.17 bits per heavy atom. The molecule has 1 aliphatic rings. The lowest BCUT2D eigenvalue weighted by Gasteiger charge is -2.36. The van der Waals surface area contributed by atoms with Crippen LogP contribution in [0.3, 0.4) is 0 Å². The van der Waals surface area contributed by atoms with E-state index in [9.17, 15) is 4.79 Å². The Morgan fingerprint density at radius 3 is 2.48 bits per heavy atom. The van der Waals surface area contributed by atoms with Crippen LogP contribution in [0.1, 0.15) is 23.0 Å². The zero-order valence-corrected chi connectivity index (χ0v) is 14.4. The van der Waals surface area contributed by atoms with E-state index in [2.05, 4.69) is 22.1 Å². The van der Waals surface area contributed by atoms with E-state index >= 15 is 0 Å². The zero-order chi connectivity index (χ0) is 16.4. The molecular weight excluding hydrogens is 310 g/mol. The number of benzene rings is 1. The number of aryl methyl sites for hydroxylation is 1. The fraction of sp³-hybridized carbons (Fsp3) is 0.389. The Labute approximate surface area is 142 Å². The molecular formula is C18H22ClN3O. The van der Waals surface area contributed by atoms with E-state index in [4.69, 9.17) is 11.6 Å². The van der Waals surface area contributed by atoms with Crippen LogP contribution >= 0.6 is 11.6 Å². The normalized spacial score (nSPS) is 15.9. The molecule has 0 spiro atoms. The summed E-state index contributed by atoms with van der Waals surface area (Å²) < 4.78 is 1.91. The van der Waals surface area contributed by atoms with Gasteiger partial charge in [-0.05, 0) is 23.8 Å². The van der Waals surface area contributed by atoms with Crippen LogP contribution in [0.25, 0.3) is 0 Å². The maximum absolute atomic E-state index is 11.5. The van der Waals surface area contributed by atoms with Gasteiger partial charge >= 0.3 is 0 Å². The van der Waals surface area contributed by atoms with Gasteiger partial charge in [-0.15, -0.1) is 0 Å². The van der Waals surface area contributed by atoms with Crippen molar-refractivity contribution in [2.24, 2.45) is 7.05 Å². The summed E-state index contributed by atoms with van der Waals surface area (Å²) in [6.45, 7) is 6.43. The molecule has 0 amide bonds. The Balaban J connectivity index is 1.60. The second-order valence-electron chi connectivity index (χ2n) is 6.12. The Bertz CT molecular complexity index is 702. The van der Waals surface area contributed by atoms with Crippen molar-refractivity contribution >= 4 is 23.1 Å². The van der Waals surface area contributed by atoms with E-state index in [1.807, 2.05) is 35.9 Å². The first-order valence-corrected chi connectivity index (χ1v) is 8.30. The van der Waals surface area contributed by atoms with Crippen LogP contribution in [0.4, 0.5) is 5.69 Å². The molecule has 5 heteroatoms. The van der Waals surface area contributed by atoms with Gasteiger partial charge in [0.15, 0.2) is 5.78 Å². The van der Waals surface area contributed by atoms with Gasteiger partial charge in [-0.2, -0.15) is 0 Å². The predicted molar refractivity (Wildman–Crippen MR) is 94.4 cm³/mol. The molecule has 2 aromatic rings. The average Bonchev–Trinajstić information content (AvgIpc) is 2.89. The van der Waals surface area contributed by atoms with Crippen molar-refractivity contribution in [1.29, 1.82) is 0 Å². The smallest absolute Gasteiger partial charge is 0.176 e. The third-order valence-electron chi connectivity index (χ3n) is 4.39. The number of hydrogen-bond acceptors (Lipinski definition) is 3. The highest BCUT2D eigenvalue weighted by atomic mass is 35.5. The van der Waals surface area contributed by atoms with E-state index in [0.717, 1.165) is 49.1 Å². The molecule has 1 aliphatic heterocycles. The number of nitrogens with zero attached hydrogens (tertiary/aromatic N) is 3. The number of carbonyl (C=O) groups is 1. The third-order valence-corrected chi connectivity index (χ3v) is 4.71. The zero-order valence-electron chi connectivity index (χ0n) is 13.6. The summed E-state index contributed by atoms with van der Waals surface area (Å²) in [5.74, 6) is 0.113. The number of aromatic nitrogens is 1. The Kier molecular flexibility index (Phi) is 4.74. The van der Waals surface area contributed by atoms with Crippen molar-refractivity contribution in [2.45, 2.75) is 13.5 Å². The first kappa shape index (κ1) is 16.1. The van der Waals surface area contributed by atoms with Crippen LogP contribution in [0.2, 0.25) is 5.02 Å². The standard InChI is InChI=1S/C18H22ClN3O/c1-14(23)18-11-15(12-20(18)2)13-21-7-9-22(10-8-21)17-6-4-3-5-16(17)19/h3-6,11-12H,7-10,13H2,1-2H3. The number of rotatable bonds is 4. The van der Waals surface area contributed by atoms with E-state index in [-0.39, 0.29) is 5.78 Å². The number of ketones is 1. The molecule has 23 heavy (non-hydrogen) atoms. The lowest BCUT2D eigenvalue weighted by Crippen LogP contribution is -2.46. The summed E-state index contributed by atoms with van der Waals surface area (Å²) in [6, 6.07) is 10.0. The summed E-state index contributed by atoms with van der Waals surface area (Å²) >= 11 is 6.28. The number of para-hydroxylation sites is 1. The van der Waals surface area contributed by atoms with Crippen molar-refractivity contribution < 1.29 is 4.79 Å². The van der Waals surface area contributed by atoms with Gasteiger partial charge in [-0.25, -0.2) is 0 Å². The summed E-state index contributed by atoms with van der Waals surface area (Å²) in [5, 5.41) is 0.815. The van der Waals surface area contributed by atoms with Crippen LogP contribution in [0.5, 0.6) is 0 Å². The maximum atomic E-state index is 11.5. The molecule has 1 saturated heterocycles. The van der Waals surface area contributed by atoms with Crippen LogP contribution in [-0.2, 0) is 13.6 Å². The van der Waals surface area contributed by atoms with Crippen LogP contribution in [-0.4, -0.2) is 41.4 Å². The van der Waals surface area contributed by atoms with E-state index in [1.54, 1.807) is 6.92 Å². The number of halogens is 1. The summed E-state index contributed by atoms with van der Waals surface area (Å²) in [6.07, 6.45) is 2.05. The molecule has 1 aromatic heterocycles. The SMILES string of the molecule is CC(=O)c1cc(CN2CCN(c3ccccc3Cl)CC2)cn1C. The second kappa shape index (κ2) is 6.77. The van der Waals surface area contributed by atoms with E-state index in [0.29, 0.717) is 0 Å². The molecule has 0 aliphatic carbocycles. The Morgan fingerprint density at radius 2 is 1.87 bits per heavy atom. The molecule has 3 rings (SSSR count). The fourth-order valence-electron chi connectivity index (χ4n) is 3.18. The van der Waals surface area contributed by atoms with E-state index < -0.39 is 0 Å². The minimum atomic E-state index is 0.113. The summed E-state index contributed by atoms with van der Waals surface area (Å²) in [7, 11) is 1.93. The number of hydrogen-bond donors (Lipinski definition) is 0. The molecule has 2 heterocycles. The first-order valence-electron chi connectivity index (χ1n) is 7.92. The maximum Gasteiger partial charge on any atom is 0.176 e. The molecule has 0 N–H and O–H groups in total. The lowest BCUT2D eigenvalue weighted by molar-refractivity contribution is 0.101.